The molecule has 0 unspecified atom stereocenters. The van der Waals surface area contributed by atoms with E-state index in [1.165, 1.54) is 89.6 Å². The molecule has 2 heteroatoms. The summed E-state index contributed by atoms with van der Waals surface area (Å²) in [6.07, 6.45) is 22.8. The molecule has 0 spiro atoms. The molecule has 2 heterocycles. The molecule has 0 N–H and O–H groups in total. The summed E-state index contributed by atoms with van der Waals surface area (Å²) in [6, 6.07) is 34.1. The molecule has 2 aliphatic carbocycles. The molecular formula is C57H64N2. The second kappa shape index (κ2) is 16.4. The third-order valence-electron chi connectivity index (χ3n) is 13.4. The first-order valence-electron chi connectivity index (χ1n) is 22.2. The lowest BCUT2D eigenvalue weighted by molar-refractivity contribution is 0.438. The number of hydrogen-bond donors (Lipinski definition) is 0. The van der Waals surface area contributed by atoms with E-state index in [-0.39, 0.29) is 11.1 Å². The zero-order valence-corrected chi connectivity index (χ0v) is 37.0. The Balaban J connectivity index is 1.05. The van der Waals surface area contributed by atoms with Crippen molar-refractivity contribution in [2.75, 3.05) is 9.80 Å². The maximum atomic E-state index is 4.61. The Morgan fingerprint density at radius 1 is 0.661 bits per heavy atom. The predicted molar refractivity (Wildman–Crippen MR) is 256 cm³/mol. The van der Waals surface area contributed by atoms with Gasteiger partial charge in [-0.25, -0.2) is 0 Å². The standard InChI is InChI=1S/C57H64N2/c1-39(2)47(30-22-41(5)58-53-20-14-10-16-45(53)34-36-56(58,6)7)50-31-27-43(38-52(50)40(3)4)24-23-42-25-28-44(29-26-42)48-32-33-55(51-19-13-12-18-49(48)51)59-54-21-15-11-17-46(54)35-37-57(59,8)9/h10-25,27-28,30-31,38,40H,5,26,29,32-37H2,1-4,6-9H3/b24-23+,30-22-. The molecule has 0 saturated carbocycles. The Bertz CT molecular complexity index is 2570. The summed E-state index contributed by atoms with van der Waals surface area (Å²) < 4.78 is 0. The molecule has 0 bridgehead atoms. The van der Waals surface area contributed by atoms with E-state index in [9.17, 15) is 0 Å². The fraction of sp³-hybridized carbons (Fsp3) is 0.333. The van der Waals surface area contributed by atoms with E-state index in [0.29, 0.717) is 5.92 Å². The summed E-state index contributed by atoms with van der Waals surface area (Å²) in [6.45, 7) is 23.2. The lowest BCUT2D eigenvalue weighted by atomic mass is 9.82. The van der Waals surface area contributed by atoms with Crippen molar-refractivity contribution in [2.24, 2.45) is 0 Å². The van der Waals surface area contributed by atoms with Crippen LogP contribution in [-0.2, 0) is 12.8 Å². The van der Waals surface area contributed by atoms with Gasteiger partial charge in [0, 0.05) is 39.1 Å². The van der Waals surface area contributed by atoms with E-state index in [0.717, 1.165) is 50.6 Å². The Hall–Kier alpha value is -5.34. The average molecular weight is 777 g/mol. The van der Waals surface area contributed by atoms with E-state index < -0.39 is 0 Å². The molecule has 0 amide bonds. The highest BCUT2D eigenvalue weighted by molar-refractivity contribution is 5.81. The van der Waals surface area contributed by atoms with Crippen molar-refractivity contribution < 1.29 is 0 Å². The first kappa shape index (κ1) is 40.4. The quantitative estimate of drug-likeness (QED) is 0.156. The Labute approximate surface area is 355 Å². The van der Waals surface area contributed by atoms with Gasteiger partial charge in [0.05, 0.1) is 0 Å². The third kappa shape index (κ3) is 8.04. The van der Waals surface area contributed by atoms with Gasteiger partial charge in [0.15, 0.2) is 0 Å². The molecule has 0 atom stereocenters. The second-order valence-corrected chi connectivity index (χ2v) is 19.0. The highest BCUT2D eigenvalue weighted by Gasteiger charge is 2.36. The minimum atomic E-state index is 0.00439. The van der Waals surface area contributed by atoms with Gasteiger partial charge in [-0.15, -0.1) is 0 Å². The van der Waals surface area contributed by atoms with Crippen molar-refractivity contribution in [3.8, 4) is 0 Å². The van der Waals surface area contributed by atoms with Crippen molar-refractivity contribution >= 4 is 34.3 Å². The summed E-state index contributed by atoms with van der Waals surface area (Å²) >= 11 is 0. The Morgan fingerprint density at radius 2 is 1.32 bits per heavy atom. The first-order valence-corrected chi connectivity index (χ1v) is 22.2. The molecule has 4 aliphatic rings. The summed E-state index contributed by atoms with van der Waals surface area (Å²) in [7, 11) is 0. The van der Waals surface area contributed by atoms with Crippen LogP contribution in [0.1, 0.15) is 128 Å². The SMILES string of the molecule is C=C(/C=C\C(=C(C)C)c1ccc(/C=C/C2=CC=C(C3=c4ccccc4=C(N4c5ccccc5CCC4(C)C)CC3)CC2)cc1C(C)C)N1c2ccccc2CCC1(C)C. The average Bonchev–Trinajstić information content (AvgIpc) is 3.22. The van der Waals surface area contributed by atoms with E-state index >= 15 is 0 Å². The van der Waals surface area contributed by atoms with Crippen LogP contribution < -0.4 is 20.2 Å². The normalized spacial score (nSPS) is 18.4. The minimum Gasteiger partial charge on any atom is -0.339 e. The van der Waals surface area contributed by atoms with Crippen LogP contribution in [0.15, 0.2) is 150 Å². The van der Waals surface area contributed by atoms with Crippen LogP contribution in [0.25, 0.3) is 22.9 Å². The maximum absolute atomic E-state index is 4.61. The number of allylic oxidation sites excluding steroid dienone is 9. The number of rotatable bonds is 9. The number of para-hydroxylation sites is 2. The van der Waals surface area contributed by atoms with Crippen LogP contribution in [0.2, 0.25) is 0 Å². The summed E-state index contributed by atoms with van der Waals surface area (Å²) in [4.78, 5) is 5.12. The second-order valence-electron chi connectivity index (χ2n) is 19.0. The van der Waals surface area contributed by atoms with Crippen LogP contribution in [0, 0.1) is 0 Å². The fourth-order valence-corrected chi connectivity index (χ4v) is 10.2. The predicted octanol–water partition coefficient (Wildman–Crippen LogP) is 13.5. The van der Waals surface area contributed by atoms with Gasteiger partial charge in [-0.2, -0.15) is 0 Å². The smallest absolute Gasteiger partial charge is 0.0448 e. The van der Waals surface area contributed by atoms with E-state index in [1.54, 1.807) is 0 Å². The zero-order chi connectivity index (χ0) is 41.5. The van der Waals surface area contributed by atoms with Crippen LogP contribution in [-0.4, -0.2) is 11.1 Å². The highest BCUT2D eigenvalue weighted by atomic mass is 15.2. The Morgan fingerprint density at radius 3 is 2.02 bits per heavy atom. The van der Waals surface area contributed by atoms with Gasteiger partial charge in [-0.3, -0.25) is 0 Å². The van der Waals surface area contributed by atoms with Gasteiger partial charge >= 0.3 is 0 Å². The van der Waals surface area contributed by atoms with Gasteiger partial charge in [0.25, 0.3) is 0 Å². The Kier molecular flexibility index (Phi) is 11.2. The number of hydrogen-bond acceptors (Lipinski definition) is 2. The number of benzene rings is 4. The van der Waals surface area contributed by atoms with Gasteiger partial charge in [-0.1, -0.05) is 135 Å². The molecule has 302 valence electrons. The lowest BCUT2D eigenvalue weighted by Crippen LogP contribution is -2.50. The molecule has 0 saturated heterocycles. The topological polar surface area (TPSA) is 6.48 Å². The summed E-state index contributed by atoms with van der Waals surface area (Å²) in [5, 5.41) is 2.83. The van der Waals surface area contributed by atoms with Gasteiger partial charge in [-0.05, 0) is 172 Å². The fourth-order valence-electron chi connectivity index (χ4n) is 10.2. The van der Waals surface area contributed by atoms with Gasteiger partial charge < -0.3 is 9.80 Å². The largest absolute Gasteiger partial charge is 0.339 e. The first-order chi connectivity index (χ1) is 28.3. The van der Waals surface area contributed by atoms with Crippen molar-refractivity contribution in [1.82, 2.24) is 0 Å². The minimum absolute atomic E-state index is 0.00439. The van der Waals surface area contributed by atoms with E-state index in [4.69, 9.17) is 0 Å². The molecule has 2 aliphatic heterocycles. The van der Waals surface area contributed by atoms with E-state index in [2.05, 4.69) is 199 Å². The molecule has 0 aromatic heterocycles. The van der Waals surface area contributed by atoms with Crippen molar-refractivity contribution in [3.05, 3.63) is 189 Å². The highest BCUT2D eigenvalue weighted by Crippen LogP contribution is 2.43. The van der Waals surface area contributed by atoms with Crippen LogP contribution in [0.5, 0.6) is 0 Å². The van der Waals surface area contributed by atoms with Crippen molar-refractivity contribution in [1.29, 1.82) is 0 Å². The van der Waals surface area contributed by atoms with Crippen molar-refractivity contribution in [2.45, 2.75) is 124 Å². The number of fused-ring (bicyclic) bond motifs is 3. The zero-order valence-electron chi connectivity index (χ0n) is 37.0. The molecule has 4 aromatic rings. The molecule has 59 heavy (non-hydrogen) atoms. The van der Waals surface area contributed by atoms with Gasteiger partial charge in [0.2, 0.25) is 0 Å². The van der Waals surface area contributed by atoms with Crippen LogP contribution in [0.3, 0.4) is 0 Å². The molecule has 8 rings (SSSR count). The van der Waals surface area contributed by atoms with Crippen molar-refractivity contribution in [3.63, 3.8) is 0 Å². The van der Waals surface area contributed by atoms with Gasteiger partial charge in [0.1, 0.15) is 0 Å². The molecule has 0 radical (unpaired) electrons. The molecule has 4 aromatic carbocycles. The number of aryl methyl sites for hydroxylation is 2. The molecular weight excluding hydrogens is 713 g/mol. The summed E-state index contributed by atoms with van der Waals surface area (Å²) in [5.41, 5.74) is 19.1. The molecule has 2 nitrogen and oxygen atoms in total. The lowest BCUT2D eigenvalue weighted by Gasteiger charge is -2.47. The number of nitrogens with zero attached hydrogens (tertiary/aromatic N) is 2. The number of anilines is 2. The van der Waals surface area contributed by atoms with E-state index in [1.807, 2.05) is 0 Å². The third-order valence-corrected chi connectivity index (χ3v) is 13.4. The molecule has 0 fully saturated rings. The van der Waals surface area contributed by atoms with Crippen LogP contribution in [0.4, 0.5) is 11.4 Å². The monoisotopic (exact) mass is 777 g/mol. The maximum Gasteiger partial charge on any atom is 0.0448 e. The van der Waals surface area contributed by atoms with Crippen LogP contribution >= 0.6 is 0 Å². The summed E-state index contributed by atoms with van der Waals surface area (Å²) in [5.74, 6) is 0.389.